The summed E-state index contributed by atoms with van der Waals surface area (Å²) in [5.74, 6) is -0.503. The van der Waals surface area contributed by atoms with Crippen molar-refractivity contribution in [2.75, 3.05) is 5.32 Å². The molecule has 1 saturated carbocycles. The molecular formula is C32H28ClF2N7O3. The molecule has 2 bridgehead atoms. The van der Waals surface area contributed by atoms with E-state index in [1.807, 2.05) is 6.20 Å². The number of halogens is 3. The van der Waals surface area contributed by atoms with Gasteiger partial charge in [-0.3, -0.25) is 9.78 Å². The Balaban J connectivity index is 1.30. The van der Waals surface area contributed by atoms with Crippen LogP contribution < -0.4 is 10.9 Å². The molecule has 0 radical (unpaired) electrons. The highest BCUT2D eigenvalue weighted by atomic mass is 35.5. The van der Waals surface area contributed by atoms with E-state index >= 15 is 0 Å². The van der Waals surface area contributed by atoms with E-state index in [1.165, 1.54) is 12.4 Å². The number of carbonyl (C=O) groups excluding carboxylic acids is 1. The van der Waals surface area contributed by atoms with Crippen molar-refractivity contribution in [2.24, 2.45) is 5.92 Å². The van der Waals surface area contributed by atoms with Crippen LogP contribution in [-0.4, -0.2) is 35.7 Å². The number of carbonyl (C=O) groups is 1. The predicted molar refractivity (Wildman–Crippen MR) is 163 cm³/mol. The predicted octanol–water partition coefficient (Wildman–Crippen LogP) is 6.96. The van der Waals surface area contributed by atoms with Crippen LogP contribution in [0.25, 0.3) is 28.3 Å². The Kier molecular flexibility index (Phi) is 7.52. The molecule has 7 rings (SSSR count). The first-order valence-corrected chi connectivity index (χ1v) is 15.1. The molecule has 5 heterocycles. The molecule has 230 valence electrons. The lowest BCUT2D eigenvalue weighted by Crippen LogP contribution is -2.22. The molecule has 1 aliphatic heterocycles. The van der Waals surface area contributed by atoms with Gasteiger partial charge < -0.3 is 9.73 Å². The Labute approximate surface area is 261 Å². The van der Waals surface area contributed by atoms with Gasteiger partial charge >= 0.3 is 12.2 Å². The van der Waals surface area contributed by atoms with E-state index in [-0.39, 0.29) is 17.3 Å². The van der Waals surface area contributed by atoms with Crippen molar-refractivity contribution in [3.8, 4) is 28.3 Å². The van der Waals surface area contributed by atoms with Gasteiger partial charge in [-0.2, -0.15) is 13.9 Å². The fourth-order valence-corrected chi connectivity index (χ4v) is 6.02. The van der Waals surface area contributed by atoms with Gasteiger partial charge in [0.15, 0.2) is 0 Å². The van der Waals surface area contributed by atoms with E-state index in [2.05, 4.69) is 25.7 Å². The maximum atomic E-state index is 14.0. The minimum Gasteiger partial charge on any atom is -0.422 e. The third kappa shape index (κ3) is 5.66. The highest BCUT2D eigenvalue weighted by Gasteiger charge is 2.29. The van der Waals surface area contributed by atoms with Crippen molar-refractivity contribution in [2.45, 2.75) is 57.4 Å². The Hall–Kier alpha value is -4.71. The van der Waals surface area contributed by atoms with E-state index in [0.29, 0.717) is 68.7 Å². The number of hydrogen-bond donors (Lipinski definition) is 1. The van der Waals surface area contributed by atoms with Crippen LogP contribution in [0.4, 0.5) is 14.5 Å². The van der Waals surface area contributed by atoms with Gasteiger partial charge in [0.05, 0.1) is 35.2 Å². The summed E-state index contributed by atoms with van der Waals surface area (Å²) in [4.78, 5) is 31.2. The van der Waals surface area contributed by atoms with Crippen molar-refractivity contribution in [3.63, 3.8) is 0 Å². The van der Waals surface area contributed by atoms with Crippen LogP contribution in [0, 0.1) is 5.92 Å². The van der Waals surface area contributed by atoms with Crippen molar-refractivity contribution >= 4 is 23.2 Å². The maximum Gasteiger partial charge on any atom is 0.340 e. The Morgan fingerprint density at radius 1 is 1.04 bits per heavy atom. The molecule has 0 unspecified atom stereocenters. The third-order valence-corrected chi connectivity index (χ3v) is 8.67. The average Bonchev–Trinajstić information content (AvgIpc) is 3.60. The van der Waals surface area contributed by atoms with Gasteiger partial charge in [0, 0.05) is 51.4 Å². The second-order valence-corrected chi connectivity index (χ2v) is 12.0. The van der Waals surface area contributed by atoms with Gasteiger partial charge in [-0.15, -0.1) is 5.10 Å². The Morgan fingerprint density at radius 3 is 2.67 bits per heavy atom. The molecule has 45 heavy (non-hydrogen) atoms. The number of anilines is 1. The van der Waals surface area contributed by atoms with Crippen LogP contribution in [0.15, 0.2) is 70.3 Å². The molecule has 1 N–H and O–H groups in total. The number of nitrogens with zero attached hydrogens (tertiary/aromatic N) is 6. The molecule has 2 aliphatic rings. The van der Waals surface area contributed by atoms with E-state index in [0.717, 1.165) is 18.5 Å². The summed E-state index contributed by atoms with van der Waals surface area (Å²) in [6, 6.07) is 11.9. The molecular weight excluding hydrogens is 604 g/mol. The maximum absolute atomic E-state index is 14.0. The molecule has 10 nitrogen and oxygen atoms in total. The second kappa shape index (κ2) is 11.7. The van der Waals surface area contributed by atoms with Gasteiger partial charge in [0.2, 0.25) is 5.91 Å². The van der Waals surface area contributed by atoms with Crippen molar-refractivity contribution in [1.82, 2.24) is 29.8 Å². The largest absolute Gasteiger partial charge is 0.422 e. The van der Waals surface area contributed by atoms with E-state index < -0.39 is 24.0 Å². The standard InChI is InChI=1S/C32H28ClF2N7O3/c1-17-3-2-4-21(24-13-19(11-12-36-24)29-25(38-30(17)43)15-37-42(29)32(34)35)22-8-10-28(45-31(22)44)23-14-20(33)7-9-27(23)41-16-26(39-40-41)18-5-6-18/h7-18,21,32H,2-6H2,1H3,(H,38,43)/t17-,21-/m1/s1. The van der Waals surface area contributed by atoms with Crippen LogP contribution in [0.2, 0.25) is 5.02 Å². The van der Waals surface area contributed by atoms with Crippen LogP contribution in [0.3, 0.4) is 0 Å². The summed E-state index contributed by atoms with van der Waals surface area (Å²) in [7, 11) is 0. The Bertz CT molecular complexity index is 1970. The fraction of sp³-hybridized carbons (Fsp3) is 0.312. The summed E-state index contributed by atoms with van der Waals surface area (Å²) in [5.41, 5.74) is 3.08. The lowest BCUT2D eigenvalue weighted by Gasteiger charge is -2.20. The monoisotopic (exact) mass is 631 g/mol. The number of benzene rings is 1. The average molecular weight is 632 g/mol. The number of nitrogens with one attached hydrogen (secondary N) is 1. The zero-order valence-corrected chi connectivity index (χ0v) is 24.9. The van der Waals surface area contributed by atoms with Crippen LogP contribution >= 0.6 is 11.6 Å². The number of fused-ring (bicyclic) bond motifs is 4. The fourth-order valence-electron chi connectivity index (χ4n) is 5.85. The molecule has 2 atom stereocenters. The normalized spacial score (nSPS) is 18.6. The molecule has 1 amide bonds. The number of alkyl halides is 2. The number of pyridine rings is 1. The SMILES string of the molecule is C[C@@H]1CCC[C@H](c2ccc(-c3cc(Cl)ccc3-n3cc(C4CC4)nn3)oc2=O)c2cc(ccn2)-c2c(cnn2C(F)F)NC1=O. The minimum absolute atomic E-state index is 0.0577. The molecule has 13 heteroatoms. The molecule has 5 aromatic rings. The van der Waals surface area contributed by atoms with Crippen molar-refractivity contribution in [3.05, 3.63) is 93.4 Å². The molecule has 0 saturated heterocycles. The van der Waals surface area contributed by atoms with E-state index in [4.69, 9.17) is 16.0 Å². The number of amides is 1. The van der Waals surface area contributed by atoms with Crippen LogP contribution in [-0.2, 0) is 4.79 Å². The Morgan fingerprint density at radius 2 is 1.89 bits per heavy atom. The second-order valence-electron chi connectivity index (χ2n) is 11.5. The van der Waals surface area contributed by atoms with Crippen molar-refractivity contribution < 1.29 is 18.0 Å². The highest BCUT2D eigenvalue weighted by Crippen LogP contribution is 2.40. The van der Waals surface area contributed by atoms with Gasteiger partial charge in [0.25, 0.3) is 0 Å². The summed E-state index contributed by atoms with van der Waals surface area (Å²) >= 11 is 6.36. The van der Waals surface area contributed by atoms with Gasteiger partial charge in [-0.25, -0.2) is 14.2 Å². The molecule has 1 fully saturated rings. The number of aromatic nitrogens is 6. The first-order valence-electron chi connectivity index (χ1n) is 14.8. The summed E-state index contributed by atoms with van der Waals surface area (Å²) in [6.07, 6.45) is 8.37. The quantitative estimate of drug-likeness (QED) is 0.222. The van der Waals surface area contributed by atoms with Gasteiger partial charge in [-0.1, -0.05) is 30.2 Å². The molecule has 0 spiro atoms. The van der Waals surface area contributed by atoms with Gasteiger partial charge in [0.1, 0.15) is 5.76 Å². The van der Waals surface area contributed by atoms with E-state index in [9.17, 15) is 18.4 Å². The highest BCUT2D eigenvalue weighted by molar-refractivity contribution is 6.31. The molecule has 4 aromatic heterocycles. The molecule has 1 aromatic carbocycles. The lowest BCUT2D eigenvalue weighted by atomic mass is 9.88. The summed E-state index contributed by atoms with van der Waals surface area (Å²) < 4.78 is 36.1. The van der Waals surface area contributed by atoms with Crippen LogP contribution in [0.1, 0.15) is 74.4 Å². The van der Waals surface area contributed by atoms with Crippen molar-refractivity contribution in [1.29, 1.82) is 0 Å². The zero-order valence-electron chi connectivity index (χ0n) is 24.2. The van der Waals surface area contributed by atoms with Gasteiger partial charge in [-0.05, 0) is 68.1 Å². The number of rotatable bonds is 5. The smallest absolute Gasteiger partial charge is 0.340 e. The first-order chi connectivity index (χ1) is 21.8. The third-order valence-electron chi connectivity index (χ3n) is 8.43. The number of hydrogen-bond acceptors (Lipinski definition) is 7. The summed E-state index contributed by atoms with van der Waals surface area (Å²) in [6.45, 7) is -1.16. The first kappa shape index (κ1) is 29.0. The topological polar surface area (TPSA) is 121 Å². The summed E-state index contributed by atoms with van der Waals surface area (Å²) in [5, 5.41) is 15.6. The zero-order chi connectivity index (χ0) is 31.2. The van der Waals surface area contributed by atoms with Crippen LogP contribution in [0.5, 0.6) is 0 Å². The molecule has 1 aliphatic carbocycles. The van der Waals surface area contributed by atoms with E-state index in [1.54, 1.807) is 54.1 Å². The lowest BCUT2D eigenvalue weighted by molar-refractivity contribution is -0.119. The minimum atomic E-state index is -2.93.